The molecular formula is C30H30N4O4S. The Balaban J connectivity index is 1.62. The van der Waals surface area contributed by atoms with Gasteiger partial charge >= 0.3 is 0 Å². The number of nitrogens with one attached hydrogen (secondary N) is 3. The minimum Gasteiger partial charge on any atom is -0.495 e. The van der Waals surface area contributed by atoms with Crippen LogP contribution >= 0.6 is 11.8 Å². The third kappa shape index (κ3) is 6.19. The predicted molar refractivity (Wildman–Crippen MR) is 153 cm³/mol. The van der Waals surface area contributed by atoms with Gasteiger partial charge in [0.1, 0.15) is 17.3 Å². The van der Waals surface area contributed by atoms with Gasteiger partial charge in [0.2, 0.25) is 5.91 Å². The molecule has 0 aliphatic carbocycles. The number of carbonyl (C=O) groups is 2. The maximum absolute atomic E-state index is 13.6. The van der Waals surface area contributed by atoms with Crippen LogP contribution in [0, 0.1) is 32.1 Å². The van der Waals surface area contributed by atoms with Gasteiger partial charge in [-0.05, 0) is 63.6 Å². The number of benzene rings is 2. The van der Waals surface area contributed by atoms with Crippen molar-refractivity contribution in [1.29, 1.82) is 5.26 Å². The second-order valence-corrected chi connectivity index (χ2v) is 10.2. The fraction of sp³-hybridized carbons (Fsp3) is 0.233. The maximum Gasteiger partial charge on any atom is 0.254 e. The number of thioether (sulfide) groups is 1. The lowest BCUT2D eigenvalue weighted by Crippen LogP contribution is -2.31. The Morgan fingerprint density at radius 1 is 1.05 bits per heavy atom. The summed E-state index contributed by atoms with van der Waals surface area (Å²) in [5.74, 6) is 0.349. The van der Waals surface area contributed by atoms with E-state index in [1.165, 1.54) is 18.9 Å². The number of nitrogens with zero attached hydrogens (tertiary/aromatic N) is 1. The molecule has 0 saturated carbocycles. The van der Waals surface area contributed by atoms with Gasteiger partial charge in [0.25, 0.3) is 5.91 Å². The third-order valence-corrected chi connectivity index (χ3v) is 7.31. The van der Waals surface area contributed by atoms with Crippen LogP contribution in [0.1, 0.15) is 35.5 Å². The summed E-state index contributed by atoms with van der Waals surface area (Å²) in [4.78, 5) is 26.4. The van der Waals surface area contributed by atoms with Crippen molar-refractivity contribution in [1.82, 2.24) is 5.32 Å². The number of amides is 2. The Bertz CT molecular complexity index is 1530. The molecule has 2 amide bonds. The molecule has 1 aliphatic heterocycles. The number of carbonyl (C=O) groups excluding carboxylic acids is 2. The molecule has 0 radical (unpaired) electrons. The molecule has 0 spiro atoms. The van der Waals surface area contributed by atoms with Crippen molar-refractivity contribution < 1.29 is 18.7 Å². The van der Waals surface area contributed by atoms with Crippen LogP contribution < -0.4 is 20.7 Å². The Morgan fingerprint density at radius 3 is 2.49 bits per heavy atom. The Morgan fingerprint density at radius 2 is 1.82 bits per heavy atom. The molecule has 4 rings (SSSR count). The maximum atomic E-state index is 13.6. The first-order chi connectivity index (χ1) is 18.7. The lowest BCUT2D eigenvalue weighted by atomic mass is 9.85. The molecule has 9 heteroatoms. The van der Waals surface area contributed by atoms with Gasteiger partial charge in [0.15, 0.2) is 0 Å². The normalized spacial score (nSPS) is 14.9. The van der Waals surface area contributed by atoms with Gasteiger partial charge in [-0.15, -0.1) is 0 Å². The zero-order valence-corrected chi connectivity index (χ0v) is 23.3. The molecule has 1 unspecified atom stereocenters. The van der Waals surface area contributed by atoms with Crippen molar-refractivity contribution in [3.05, 3.63) is 99.1 Å². The highest BCUT2D eigenvalue weighted by molar-refractivity contribution is 8.03. The lowest BCUT2D eigenvalue weighted by Gasteiger charge is -2.28. The van der Waals surface area contributed by atoms with E-state index in [0.717, 1.165) is 16.8 Å². The summed E-state index contributed by atoms with van der Waals surface area (Å²) in [6.07, 6.45) is 0. The molecule has 1 atom stereocenters. The van der Waals surface area contributed by atoms with E-state index < -0.39 is 11.8 Å². The number of hydrogen-bond donors (Lipinski definition) is 3. The standard InChI is InChI=1S/C30H30N4O4S/c1-17-10-12-22(18(2)14-17)33-26(35)16-39-30-21(15-31)28(25-13-11-19(3)38-25)27(20(4)32-30)29(36)34-23-8-6-7-9-24(23)37-5/h6-14,28,32H,16H2,1-5H3,(H,33,35)(H,34,36). The number of rotatable bonds is 8. The van der Waals surface area contributed by atoms with Crippen LogP contribution in [0.15, 0.2) is 80.9 Å². The summed E-state index contributed by atoms with van der Waals surface area (Å²) < 4.78 is 11.3. The van der Waals surface area contributed by atoms with E-state index in [9.17, 15) is 14.9 Å². The van der Waals surface area contributed by atoms with Crippen molar-refractivity contribution in [2.75, 3.05) is 23.5 Å². The van der Waals surface area contributed by atoms with E-state index in [4.69, 9.17) is 9.15 Å². The molecule has 39 heavy (non-hydrogen) atoms. The van der Waals surface area contributed by atoms with Crippen LogP contribution in [-0.4, -0.2) is 24.7 Å². The van der Waals surface area contributed by atoms with Crippen LogP contribution in [0.25, 0.3) is 0 Å². The molecule has 0 fully saturated rings. The molecule has 3 aromatic rings. The minimum atomic E-state index is -0.760. The van der Waals surface area contributed by atoms with E-state index in [-0.39, 0.29) is 11.7 Å². The monoisotopic (exact) mass is 542 g/mol. The molecule has 2 aromatic carbocycles. The van der Waals surface area contributed by atoms with Gasteiger partial charge in [-0.25, -0.2) is 0 Å². The van der Waals surface area contributed by atoms with Gasteiger partial charge < -0.3 is 25.1 Å². The first-order valence-electron chi connectivity index (χ1n) is 12.3. The second kappa shape index (κ2) is 12.0. The Labute approximate surface area is 232 Å². The topological polar surface area (TPSA) is 116 Å². The SMILES string of the molecule is COc1ccccc1NC(=O)C1=C(C)NC(SCC(=O)Nc2ccc(C)cc2C)=C(C#N)C1c1ccc(C)o1. The van der Waals surface area contributed by atoms with Gasteiger partial charge in [0, 0.05) is 11.4 Å². The number of ether oxygens (including phenoxy) is 1. The summed E-state index contributed by atoms with van der Waals surface area (Å²) in [7, 11) is 1.53. The van der Waals surface area contributed by atoms with E-state index in [2.05, 4.69) is 22.0 Å². The number of dihydropyridines is 1. The number of aryl methyl sites for hydroxylation is 3. The van der Waals surface area contributed by atoms with E-state index >= 15 is 0 Å². The quantitative estimate of drug-likeness (QED) is 0.323. The average Bonchev–Trinajstić information content (AvgIpc) is 3.34. The number of methoxy groups -OCH3 is 1. The van der Waals surface area contributed by atoms with E-state index in [1.807, 2.05) is 38.1 Å². The third-order valence-electron chi connectivity index (χ3n) is 6.30. The molecule has 0 saturated heterocycles. The van der Waals surface area contributed by atoms with Crippen molar-refractivity contribution in [2.45, 2.75) is 33.6 Å². The Hall–Kier alpha value is -4.42. The highest BCUT2D eigenvalue weighted by atomic mass is 32.2. The molecular weight excluding hydrogens is 512 g/mol. The largest absolute Gasteiger partial charge is 0.495 e. The number of anilines is 2. The first kappa shape index (κ1) is 27.6. The minimum absolute atomic E-state index is 0.0702. The summed E-state index contributed by atoms with van der Waals surface area (Å²) in [6.45, 7) is 7.51. The van der Waals surface area contributed by atoms with Gasteiger partial charge in [-0.2, -0.15) is 5.26 Å². The van der Waals surface area contributed by atoms with E-state index in [0.29, 0.717) is 44.8 Å². The van der Waals surface area contributed by atoms with Gasteiger partial charge in [0.05, 0.1) is 46.7 Å². The molecule has 3 N–H and O–H groups in total. The number of hydrogen-bond acceptors (Lipinski definition) is 7. The molecule has 1 aromatic heterocycles. The number of nitriles is 1. The summed E-state index contributed by atoms with van der Waals surface area (Å²) in [6, 6.07) is 18.7. The zero-order chi connectivity index (χ0) is 28.1. The van der Waals surface area contributed by atoms with E-state index in [1.54, 1.807) is 44.2 Å². The van der Waals surface area contributed by atoms with Crippen molar-refractivity contribution in [3.63, 3.8) is 0 Å². The fourth-order valence-electron chi connectivity index (χ4n) is 4.44. The molecule has 1 aliphatic rings. The van der Waals surface area contributed by atoms with Crippen molar-refractivity contribution in [3.8, 4) is 11.8 Å². The molecule has 200 valence electrons. The zero-order valence-electron chi connectivity index (χ0n) is 22.5. The molecule has 2 heterocycles. The summed E-state index contributed by atoms with van der Waals surface area (Å²) in [5, 5.41) is 19.8. The highest BCUT2D eigenvalue weighted by Gasteiger charge is 2.37. The first-order valence-corrected chi connectivity index (χ1v) is 13.3. The number of para-hydroxylation sites is 2. The lowest BCUT2D eigenvalue weighted by molar-refractivity contribution is -0.114. The molecule has 0 bridgehead atoms. The van der Waals surface area contributed by atoms with Crippen LogP contribution in [0.2, 0.25) is 0 Å². The van der Waals surface area contributed by atoms with Gasteiger partial charge in [-0.1, -0.05) is 41.6 Å². The molecule has 8 nitrogen and oxygen atoms in total. The average molecular weight is 543 g/mol. The van der Waals surface area contributed by atoms with Crippen LogP contribution in [-0.2, 0) is 9.59 Å². The fourth-order valence-corrected chi connectivity index (χ4v) is 5.33. The predicted octanol–water partition coefficient (Wildman–Crippen LogP) is 5.92. The van der Waals surface area contributed by atoms with Crippen molar-refractivity contribution >= 4 is 35.0 Å². The van der Waals surface area contributed by atoms with Crippen LogP contribution in [0.3, 0.4) is 0 Å². The van der Waals surface area contributed by atoms with Gasteiger partial charge in [-0.3, -0.25) is 9.59 Å². The second-order valence-electron chi connectivity index (χ2n) is 9.21. The van der Waals surface area contributed by atoms with Crippen LogP contribution in [0.5, 0.6) is 5.75 Å². The Kier molecular flexibility index (Phi) is 8.47. The number of furan rings is 1. The summed E-state index contributed by atoms with van der Waals surface area (Å²) in [5.41, 5.74) is 4.52. The van der Waals surface area contributed by atoms with Crippen LogP contribution in [0.4, 0.5) is 11.4 Å². The van der Waals surface area contributed by atoms with Crippen molar-refractivity contribution in [2.24, 2.45) is 0 Å². The summed E-state index contributed by atoms with van der Waals surface area (Å²) >= 11 is 1.21. The highest BCUT2D eigenvalue weighted by Crippen LogP contribution is 2.42. The number of allylic oxidation sites excluding steroid dienone is 2. The smallest absolute Gasteiger partial charge is 0.254 e.